The third kappa shape index (κ3) is 4.23. The molecule has 7 nitrogen and oxygen atoms in total. The summed E-state index contributed by atoms with van der Waals surface area (Å²) in [5.74, 6) is 1.22. The van der Waals surface area contributed by atoms with Gasteiger partial charge in [-0.2, -0.15) is 0 Å². The van der Waals surface area contributed by atoms with Crippen LogP contribution in [0.3, 0.4) is 0 Å². The van der Waals surface area contributed by atoms with E-state index in [0.717, 1.165) is 16.9 Å². The molecule has 1 aliphatic heterocycles. The molecule has 0 bridgehead atoms. The van der Waals surface area contributed by atoms with E-state index in [1.54, 1.807) is 19.2 Å². The first kappa shape index (κ1) is 19.6. The second-order valence-electron chi connectivity index (χ2n) is 6.41. The molecule has 1 heterocycles. The Hall–Kier alpha value is -2.16. The van der Waals surface area contributed by atoms with Gasteiger partial charge in [0, 0.05) is 6.42 Å². The Labute approximate surface area is 157 Å². The minimum absolute atomic E-state index is 0.465. The van der Waals surface area contributed by atoms with Crippen LogP contribution >= 0.6 is 0 Å². The number of aliphatic hydroxyl groups excluding tert-OH is 4. The van der Waals surface area contributed by atoms with Crippen LogP contribution in [-0.2, 0) is 11.2 Å². The minimum Gasteiger partial charge on any atom is -0.496 e. The van der Waals surface area contributed by atoms with Gasteiger partial charge in [-0.05, 0) is 23.3 Å². The van der Waals surface area contributed by atoms with Gasteiger partial charge in [-0.3, -0.25) is 0 Å². The van der Waals surface area contributed by atoms with Crippen molar-refractivity contribution in [3.8, 4) is 11.5 Å². The van der Waals surface area contributed by atoms with Crippen molar-refractivity contribution in [3.63, 3.8) is 0 Å². The molecule has 0 aromatic heterocycles. The number of rotatable bonds is 6. The maximum atomic E-state index is 10.2. The normalized spacial score (nSPS) is 28.0. The van der Waals surface area contributed by atoms with Gasteiger partial charge in [0.1, 0.15) is 35.9 Å². The summed E-state index contributed by atoms with van der Waals surface area (Å²) in [6.07, 6.45) is -6.08. The first-order valence-electron chi connectivity index (χ1n) is 8.72. The molecule has 27 heavy (non-hydrogen) atoms. The van der Waals surface area contributed by atoms with Gasteiger partial charge in [0.15, 0.2) is 0 Å². The van der Waals surface area contributed by atoms with Crippen molar-refractivity contribution < 1.29 is 34.6 Å². The molecule has 2 aromatic carbocycles. The molecule has 1 fully saturated rings. The van der Waals surface area contributed by atoms with E-state index in [2.05, 4.69) is 0 Å². The van der Waals surface area contributed by atoms with Gasteiger partial charge in [-0.15, -0.1) is 0 Å². The van der Waals surface area contributed by atoms with E-state index in [9.17, 15) is 20.4 Å². The van der Waals surface area contributed by atoms with Gasteiger partial charge < -0.3 is 34.6 Å². The molecule has 4 N–H and O–H groups in total. The van der Waals surface area contributed by atoms with Crippen LogP contribution in [0.4, 0.5) is 0 Å². The predicted molar refractivity (Wildman–Crippen MR) is 96.6 cm³/mol. The molecule has 146 valence electrons. The summed E-state index contributed by atoms with van der Waals surface area (Å²) in [5.41, 5.74) is 1.80. The van der Waals surface area contributed by atoms with Gasteiger partial charge >= 0.3 is 0 Å². The van der Waals surface area contributed by atoms with E-state index in [1.807, 2.05) is 36.4 Å². The highest BCUT2D eigenvalue weighted by molar-refractivity contribution is 5.42. The summed E-state index contributed by atoms with van der Waals surface area (Å²) in [7, 11) is 1.61. The van der Waals surface area contributed by atoms with Gasteiger partial charge in [-0.1, -0.05) is 36.4 Å². The fourth-order valence-electron chi connectivity index (χ4n) is 3.11. The molecule has 0 saturated carbocycles. The van der Waals surface area contributed by atoms with Crippen LogP contribution in [0.2, 0.25) is 0 Å². The van der Waals surface area contributed by atoms with Crippen molar-refractivity contribution in [2.75, 3.05) is 13.7 Å². The van der Waals surface area contributed by atoms with Crippen molar-refractivity contribution in [1.29, 1.82) is 0 Å². The molecule has 2 aromatic rings. The quantitative estimate of drug-likeness (QED) is 0.580. The van der Waals surface area contributed by atoms with Crippen LogP contribution in [0.5, 0.6) is 11.5 Å². The minimum atomic E-state index is -1.48. The first-order chi connectivity index (χ1) is 13.0. The fraction of sp³-hybridized carbons (Fsp3) is 0.400. The number of para-hydroxylation sites is 2. The molecule has 5 atom stereocenters. The lowest BCUT2D eigenvalue weighted by molar-refractivity contribution is -0.277. The Bertz CT molecular complexity index is 749. The van der Waals surface area contributed by atoms with Crippen LogP contribution in [0.25, 0.3) is 0 Å². The van der Waals surface area contributed by atoms with E-state index < -0.39 is 37.3 Å². The zero-order chi connectivity index (χ0) is 19.4. The Morgan fingerprint density at radius 1 is 0.852 bits per heavy atom. The first-order valence-corrected chi connectivity index (χ1v) is 8.72. The van der Waals surface area contributed by atoms with Gasteiger partial charge in [0.2, 0.25) is 6.29 Å². The van der Waals surface area contributed by atoms with Crippen LogP contribution < -0.4 is 9.47 Å². The average molecular weight is 376 g/mol. The van der Waals surface area contributed by atoms with Crippen LogP contribution in [0.1, 0.15) is 11.1 Å². The Morgan fingerprint density at radius 3 is 2.07 bits per heavy atom. The highest BCUT2D eigenvalue weighted by Gasteiger charge is 2.44. The van der Waals surface area contributed by atoms with Gasteiger partial charge in [0.25, 0.3) is 0 Å². The van der Waals surface area contributed by atoms with Crippen LogP contribution in [0.15, 0.2) is 48.5 Å². The second kappa shape index (κ2) is 8.69. The second-order valence-corrected chi connectivity index (χ2v) is 6.41. The maximum Gasteiger partial charge on any atom is 0.229 e. The lowest BCUT2D eigenvalue weighted by atomic mass is 9.99. The monoisotopic (exact) mass is 376 g/mol. The Balaban J connectivity index is 1.82. The number of ether oxygens (including phenoxy) is 3. The van der Waals surface area contributed by atoms with E-state index in [0.29, 0.717) is 12.2 Å². The number of aliphatic hydroxyl groups is 4. The molecule has 1 saturated heterocycles. The standard InChI is InChI=1S/C20H24O7/c1-25-14-8-4-2-6-12(14)10-13-7-3-5-9-15(13)26-20-19(24)18(23)17(22)16(11-21)27-20/h2-9,16-24H,10-11H2,1H3/t16-,17-,18+,19-,20-/m1/s1. The smallest absolute Gasteiger partial charge is 0.229 e. The molecule has 0 aliphatic carbocycles. The van der Waals surface area contributed by atoms with Crippen molar-refractivity contribution >= 4 is 0 Å². The lowest BCUT2D eigenvalue weighted by Gasteiger charge is -2.39. The Morgan fingerprint density at radius 2 is 1.44 bits per heavy atom. The lowest BCUT2D eigenvalue weighted by Crippen LogP contribution is -2.60. The zero-order valence-corrected chi connectivity index (χ0v) is 14.9. The molecule has 0 radical (unpaired) electrons. The van der Waals surface area contributed by atoms with E-state index in [1.165, 1.54) is 0 Å². The third-order valence-electron chi connectivity index (χ3n) is 4.64. The van der Waals surface area contributed by atoms with Crippen molar-refractivity contribution in [1.82, 2.24) is 0 Å². The average Bonchev–Trinajstić information content (AvgIpc) is 2.70. The van der Waals surface area contributed by atoms with Crippen LogP contribution in [0, 0.1) is 0 Å². The topological polar surface area (TPSA) is 109 Å². The number of hydrogen-bond acceptors (Lipinski definition) is 7. The summed E-state index contributed by atoms with van der Waals surface area (Å²) < 4.78 is 16.6. The molecule has 0 spiro atoms. The fourth-order valence-corrected chi connectivity index (χ4v) is 3.11. The zero-order valence-electron chi connectivity index (χ0n) is 14.9. The SMILES string of the molecule is COc1ccccc1Cc1ccccc1O[C@@H]1O[C@H](CO)[C@@H](O)[C@H](O)[C@H]1O. The molecule has 0 amide bonds. The summed E-state index contributed by atoms with van der Waals surface area (Å²) in [5, 5.41) is 39.3. The summed E-state index contributed by atoms with van der Waals surface area (Å²) >= 11 is 0. The summed E-state index contributed by atoms with van der Waals surface area (Å²) in [6, 6.07) is 14.9. The molecule has 0 unspecified atom stereocenters. The number of methoxy groups -OCH3 is 1. The van der Waals surface area contributed by atoms with Crippen LogP contribution in [-0.4, -0.2) is 64.8 Å². The van der Waals surface area contributed by atoms with Crippen molar-refractivity contribution in [3.05, 3.63) is 59.7 Å². The third-order valence-corrected chi connectivity index (χ3v) is 4.64. The van der Waals surface area contributed by atoms with Crippen molar-refractivity contribution in [2.45, 2.75) is 37.1 Å². The molecule has 3 rings (SSSR count). The van der Waals surface area contributed by atoms with E-state index >= 15 is 0 Å². The highest BCUT2D eigenvalue weighted by atomic mass is 16.7. The number of hydrogen-bond donors (Lipinski definition) is 4. The van der Waals surface area contributed by atoms with Gasteiger partial charge in [0.05, 0.1) is 13.7 Å². The molecular weight excluding hydrogens is 352 g/mol. The molecule has 1 aliphatic rings. The maximum absolute atomic E-state index is 10.2. The van der Waals surface area contributed by atoms with E-state index in [-0.39, 0.29) is 0 Å². The largest absolute Gasteiger partial charge is 0.496 e. The molecule has 7 heteroatoms. The predicted octanol–water partition coefficient (Wildman–Crippen LogP) is 0.465. The molecular formula is C20H24O7. The highest BCUT2D eigenvalue weighted by Crippen LogP contribution is 2.29. The van der Waals surface area contributed by atoms with E-state index in [4.69, 9.17) is 14.2 Å². The van der Waals surface area contributed by atoms with Gasteiger partial charge in [-0.25, -0.2) is 0 Å². The summed E-state index contributed by atoms with van der Waals surface area (Å²) in [6.45, 7) is -0.506. The summed E-state index contributed by atoms with van der Waals surface area (Å²) in [4.78, 5) is 0. The number of benzene rings is 2. The van der Waals surface area contributed by atoms with Crippen molar-refractivity contribution in [2.24, 2.45) is 0 Å². The Kier molecular flexibility index (Phi) is 6.30.